The van der Waals surface area contributed by atoms with Crippen LogP contribution in [0, 0.1) is 5.92 Å². The smallest absolute Gasteiger partial charge is 0.0104 e. The van der Waals surface area contributed by atoms with E-state index in [0.717, 1.165) is 18.0 Å². The molecule has 2 fully saturated rings. The molecule has 2 rings (SSSR count). The fourth-order valence-corrected chi connectivity index (χ4v) is 2.65. The lowest BCUT2D eigenvalue weighted by molar-refractivity contribution is 0.207. The number of fused-ring (bicyclic) bond motifs is 1. The summed E-state index contributed by atoms with van der Waals surface area (Å²) >= 11 is 0. The normalized spacial score (nSPS) is 42.4. The van der Waals surface area contributed by atoms with Crippen LogP contribution in [0.25, 0.3) is 0 Å². The summed E-state index contributed by atoms with van der Waals surface area (Å²) in [7, 11) is 0. The first-order valence-corrected chi connectivity index (χ1v) is 5.18. The second-order valence-electron chi connectivity index (χ2n) is 4.50. The monoisotopic (exact) mass is 165 g/mol. The van der Waals surface area contributed by atoms with E-state index in [0.29, 0.717) is 0 Å². The Morgan fingerprint density at radius 2 is 2.17 bits per heavy atom. The Kier molecular flexibility index (Phi) is 2.22. The number of piperidine rings is 1. The van der Waals surface area contributed by atoms with Crippen molar-refractivity contribution < 1.29 is 0 Å². The van der Waals surface area contributed by atoms with Crippen LogP contribution in [0.5, 0.6) is 0 Å². The lowest BCUT2D eigenvalue weighted by Gasteiger charge is -2.40. The predicted molar refractivity (Wildman–Crippen MR) is 52.1 cm³/mol. The summed E-state index contributed by atoms with van der Waals surface area (Å²) in [6.07, 6.45) is 6.63. The van der Waals surface area contributed by atoms with Gasteiger partial charge in [0, 0.05) is 12.1 Å². The first-order chi connectivity index (χ1) is 5.75. The van der Waals surface area contributed by atoms with E-state index < -0.39 is 0 Å². The topological polar surface area (TPSA) is 12.0 Å². The minimum atomic E-state index is 0.748. The highest BCUT2D eigenvalue weighted by atomic mass is 15.0. The summed E-state index contributed by atoms with van der Waals surface area (Å²) in [5, 5.41) is 3.70. The van der Waals surface area contributed by atoms with Crippen molar-refractivity contribution in [2.75, 3.05) is 0 Å². The zero-order valence-corrected chi connectivity index (χ0v) is 7.97. The predicted octanol–water partition coefficient (Wildman–Crippen LogP) is 2.48. The van der Waals surface area contributed by atoms with Gasteiger partial charge >= 0.3 is 0 Å². The molecular formula is C11H19N. The van der Waals surface area contributed by atoms with E-state index in [1.54, 1.807) is 0 Å². The molecule has 1 saturated heterocycles. The van der Waals surface area contributed by atoms with Gasteiger partial charge in [-0.3, -0.25) is 0 Å². The molecule has 3 atom stereocenters. The molecule has 0 aromatic carbocycles. The van der Waals surface area contributed by atoms with Crippen molar-refractivity contribution >= 4 is 0 Å². The van der Waals surface area contributed by atoms with Crippen molar-refractivity contribution in [2.24, 2.45) is 5.92 Å². The number of rotatable bonds is 0. The Labute approximate surface area is 75.2 Å². The second-order valence-corrected chi connectivity index (χ2v) is 4.50. The van der Waals surface area contributed by atoms with Crippen molar-refractivity contribution in [3.05, 3.63) is 12.2 Å². The Bertz CT molecular complexity index is 185. The van der Waals surface area contributed by atoms with Gasteiger partial charge in [-0.25, -0.2) is 0 Å². The van der Waals surface area contributed by atoms with E-state index in [9.17, 15) is 0 Å². The minimum Gasteiger partial charge on any atom is -0.311 e. The Morgan fingerprint density at radius 1 is 1.33 bits per heavy atom. The molecule has 0 aromatic rings. The number of allylic oxidation sites excluding steroid dienone is 1. The first-order valence-electron chi connectivity index (χ1n) is 5.18. The summed E-state index contributed by atoms with van der Waals surface area (Å²) in [6, 6.07) is 1.55. The van der Waals surface area contributed by atoms with Crippen LogP contribution in [-0.2, 0) is 0 Å². The van der Waals surface area contributed by atoms with Crippen molar-refractivity contribution in [3.63, 3.8) is 0 Å². The summed E-state index contributed by atoms with van der Waals surface area (Å²) in [5.74, 6) is 0.905. The molecular weight excluding hydrogens is 146 g/mol. The largest absolute Gasteiger partial charge is 0.311 e. The van der Waals surface area contributed by atoms with Gasteiger partial charge in [0.25, 0.3) is 0 Å². The minimum absolute atomic E-state index is 0.748. The zero-order chi connectivity index (χ0) is 8.55. The molecule has 1 aliphatic heterocycles. The number of hydrogen-bond acceptors (Lipinski definition) is 1. The molecule has 12 heavy (non-hydrogen) atoms. The third-order valence-electron chi connectivity index (χ3n) is 3.40. The van der Waals surface area contributed by atoms with Crippen LogP contribution >= 0.6 is 0 Å². The van der Waals surface area contributed by atoms with Gasteiger partial charge < -0.3 is 5.32 Å². The van der Waals surface area contributed by atoms with Gasteiger partial charge in [0.1, 0.15) is 0 Å². The lowest BCUT2D eigenvalue weighted by atomic mass is 9.76. The van der Waals surface area contributed by atoms with Gasteiger partial charge in [0.15, 0.2) is 0 Å². The third kappa shape index (κ3) is 1.56. The summed E-state index contributed by atoms with van der Waals surface area (Å²) in [5.41, 5.74) is 1.48. The van der Waals surface area contributed by atoms with Crippen molar-refractivity contribution in [2.45, 2.75) is 51.1 Å². The van der Waals surface area contributed by atoms with Gasteiger partial charge in [-0.15, -0.1) is 0 Å². The molecule has 0 spiro atoms. The maximum absolute atomic E-state index is 4.10. The fraction of sp³-hybridized carbons (Fsp3) is 0.818. The fourth-order valence-electron chi connectivity index (χ4n) is 2.65. The molecule has 1 heterocycles. The van der Waals surface area contributed by atoms with Crippen molar-refractivity contribution in [1.29, 1.82) is 0 Å². The van der Waals surface area contributed by atoms with Gasteiger partial charge in [0.2, 0.25) is 0 Å². The number of hydrogen-bond donors (Lipinski definition) is 1. The third-order valence-corrected chi connectivity index (χ3v) is 3.40. The zero-order valence-electron chi connectivity index (χ0n) is 7.97. The Morgan fingerprint density at radius 3 is 3.00 bits per heavy atom. The Hall–Kier alpha value is -0.300. The molecule has 3 unspecified atom stereocenters. The average Bonchev–Trinajstić information content (AvgIpc) is 2.05. The molecule has 0 radical (unpaired) electrons. The van der Waals surface area contributed by atoms with E-state index in [1.807, 2.05) is 0 Å². The highest BCUT2D eigenvalue weighted by Crippen LogP contribution is 2.34. The molecule has 0 bridgehead atoms. The van der Waals surface area contributed by atoms with Crippen molar-refractivity contribution in [3.8, 4) is 0 Å². The molecule has 1 heteroatoms. The van der Waals surface area contributed by atoms with E-state index in [4.69, 9.17) is 0 Å². The SMILES string of the molecule is C=C1CCC2NC(C)CCC2C1. The molecule has 1 aliphatic carbocycles. The van der Waals surface area contributed by atoms with Crippen LogP contribution in [0.1, 0.15) is 39.0 Å². The van der Waals surface area contributed by atoms with Crippen LogP contribution in [0.4, 0.5) is 0 Å². The van der Waals surface area contributed by atoms with E-state index >= 15 is 0 Å². The molecule has 1 saturated carbocycles. The van der Waals surface area contributed by atoms with Crippen LogP contribution in [0.2, 0.25) is 0 Å². The van der Waals surface area contributed by atoms with E-state index in [-0.39, 0.29) is 0 Å². The summed E-state index contributed by atoms with van der Waals surface area (Å²) in [6.45, 7) is 6.40. The van der Waals surface area contributed by atoms with Gasteiger partial charge in [-0.2, -0.15) is 0 Å². The van der Waals surface area contributed by atoms with Crippen LogP contribution < -0.4 is 5.32 Å². The van der Waals surface area contributed by atoms with Crippen LogP contribution in [0.15, 0.2) is 12.2 Å². The maximum Gasteiger partial charge on any atom is 0.0104 e. The summed E-state index contributed by atoms with van der Waals surface area (Å²) in [4.78, 5) is 0. The lowest BCUT2D eigenvalue weighted by Crippen LogP contribution is -2.47. The van der Waals surface area contributed by atoms with Crippen LogP contribution in [0.3, 0.4) is 0 Å². The second kappa shape index (κ2) is 3.21. The summed E-state index contributed by atoms with van der Waals surface area (Å²) < 4.78 is 0. The first kappa shape index (κ1) is 8.31. The molecule has 2 aliphatic rings. The van der Waals surface area contributed by atoms with Gasteiger partial charge in [-0.1, -0.05) is 12.2 Å². The highest BCUT2D eigenvalue weighted by Gasteiger charge is 2.30. The quantitative estimate of drug-likeness (QED) is 0.544. The molecule has 0 amide bonds. The standard InChI is InChI=1S/C11H19N/c1-8-3-6-11-10(7-8)5-4-9(2)12-11/h9-12H,1,3-7H2,2H3. The number of nitrogens with one attached hydrogen (secondary N) is 1. The van der Waals surface area contributed by atoms with E-state index in [1.165, 1.54) is 37.7 Å². The van der Waals surface area contributed by atoms with Crippen LogP contribution in [-0.4, -0.2) is 12.1 Å². The Balaban J connectivity index is 1.98. The molecule has 1 nitrogen and oxygen atoms in total. The van der Waals surface area contributed by atoms with Gasteiger partial charge in [-0.05, 0) is 44.9 Å². The molecule has 0 aromatic heterocycles. The maximum atomic E-state index is 4.10. The van der Waals surface area contributed by atoms with E-state index in [2.05, 4.69) is 18.8 Å². The molecule has 1 N–H and O–H groups in total. The molecule has 68 valence electrons. The van der Waals surface area contributed by atoms with Gasteiger partial charge in [0.05, 0.1) is 0 Å². The van der Waals surface area contributed by atoms with Crippen molar-refractivity contribution in [1.82, 2.24) is 5.32 Å². The average molecular weight is 165 g/mol. The highest BCUT2D eigenvalue weighted by molar-refractivity contribution is 5.05.